The van der Waals surface area contributed by atoms with Gasteiger partial charge in [-0.05, 0) is 60.5 Å². The van der Waals surface area contributed by atoms with Gasteiger partial charge in [0, 0.05) is 11.9 Å². The van der Waals surface area contributed by atoms with E-state index in [1.165, 1.54) is 36.5 Å². The van der Waals surface area contributed by atoms with Crippen LogP contribution in [0.4, 0.5) is 17.2 Å². The average Bonchev–Trinajstić information content (AvgIpc) is 3.03. The summed E-state index contributed by atoms with van der Waals surface area (Å²) >= 11 is 6.16. The van der Waals surface area contributed by atoms with Crippen LogP contribution in [0.5, 0.6) is 0 Å². The Morgan fingerprint density at radius 2 is 1.64 bits per heavy atom. The lowest BCUT2D eigenvalue weighted by atomic mass is 10.1. The molecule has 0 aliphatic carbocycles. The van der Waals surface area contributed by atoms with Gasteiger partial charge in [-0.1, -0.05) is 36.7 Å². The number of anilines is 3. The molecule has 0 fully saturated rings. The van der Waals surface area contributed by atoms with E-state index in [-0.39, 0.29) is 21.4 Å². The molecule has 1 aromatic heterocycles. The third-order valence-corrected chi connectivity index (χ3v) is 6.69. The second-order valence-electron chi connectivity index (χ2n) is 7.12. The molecular weight excluding hydrogens is 464 g/mol. The zero-order valence-corrected chi connectivity index (χ0v) is 19.0. The van der Waals surface area contributed by atoms with Crippen LogP contribution in [0.3, 0.4) is 0 Å². The molecule has 1 aliphatic heterocycles. The average molecular weight is 483 g/mol. The lowest BCUT2D eigenvalue weighted by Crippen LogP contribution is -2.32. The fraction of sp³-hybridized carbons (Fsp3) is 0.0870. The topological polar surface area (TPSA) is 108 Å². The Labute approximate surface area is 196 Å². The summed E-state index contributed by atoms with van der Waals surface area (Å²) in [6.45, 7) is 2.01. The summed E-state index contributed by atoms with van der Waals surface area (Å²) in [5.41, 5.74) is 1.80. The normalized spacial score (nSPS) is 14.1. The van der Waals surface area contributed by atoms with Crippen LogP contribution in [0.25, 0.3) is 0 Å². The van der Waals surface area contributed by atoms with Gasteiger partial charge < -0.3 is 5.32 Å². The van der Waals surface area contributed by atoms with E-state index in [0.717, 1.165) is 16.9 Å². The number of amides is 2. The van der Waals surface area contributed by atoms with Gasteiger partial charge in [-0.25, -0.2) is 18.3 Å². The van der Waals surface area contributed by atoms with E-state index < -0.39 is 21.8 Å². The van der Waals surface area contributed by atoms with Crippen molar-refractivity contribution in [2.24, 2.45) is 0 Å². The molecule has 8 nitrogen and oxygen atoms in total. The number of nitrogens with one attached hydrogen (secondary N) is 2. The summed E-state index contributed by atoms with van der Waals surface area (Å²) in [6, 6.07) is 17.6. The van der Waals surface area contributed by atoms with Gasteiger partial charge in [0.2, 0.25) is 0 Å². The number of carbonyl (C=O) groups excluding carboxylic acids is 2. The number of rotatable bonds is 7. The third kappa shape index (κ3) is 4.59. The Hall–Kier alpha value is -3.69. The highest BCUT2D eigenvalue weighted by Crippen LogP contribution is 2.30. The van der Waals surface area contributed by atoms with E-state index in [9.17, 15) is 18.0 Å². The number of sulfonamides is 1. The van der Waals surface area contributed by atoms with Gasteiger partial charge in [-0.2, -0.15) is 0 Å². The number of nitrogens with zero attached hydrogens (tertiary/aromatic N) is 2. The van der Waals surface area contributed by atoms with E-state index in [1.54, 1.807) is 24.3 Å². The summed E-state index contributed by atoms with van der Waals surface area (Å²) in [5, 5.41) is 2.59. The number of halogens is 1. The van der Waals surface area contributed by atoms with E-state index in [2.05, 4.69) is 15.0 Å². The molecule has 2 amide bonds. The number of carbonyl (C=O) groups is 2. The molecule has 2 aromatic carbocycles. The minimum Gasteiger partial charge on any atom is -0.350 e. The first-order chi connectivity index (χ1) is 15.8. The van der Waals surface area contributed by atoms with Crippen LogP contribution in [-0.2, 0) is 26.0 Å². The Bertz CT molecular complexity index is 1340. The van der Waals surface area contributed by atoms with Crippen molar-refractivity contribution in [1.29, 1.82) is 0 Å². The van der Waals surface area contributed by atoms with E-state index in [4.69, 9.17) is 11.6 Å². The number of benzene rings is 2. The molecule has 33 heavy (non-hydrogen) atoms. The monoisotopic (exact) mass is 482 g/mol. The number of hydrogen-bond acceptors (Lipinski definition) is 6. The van der Waals surface area contributed by atoms with Crippen molar-refractivity contribution in [2.45, 2.75) is 18.2 Å². The van der Waals surface area contributed by atoms with Crippen LogP contribution in [0, 0.1) is 0 Å². The molecule has 168 valence electrons. The van der Waals surface area contributed by atoms with Crippen LogP contribution in [-0.4, -0.2) is 25.2 Å². The molecule has 1 aliphatic rings. The first-order valence-electron chi connectivity index (χ1n) is 9.98. The second-order valence-corrected chi connectivity index (χ2v) is 9.18. The fourth-order valence-electron chi connectivity index (χ4n) is 3.21. The summed E-state index contributed by atoms with van der Waals surface area (Å²) in [7, 11) is -3.85. The molecule has 4 rings (SSSR count). The van der Waals surface area contributed by atoms with Gasteiger partial charge in [0.1, 0.15) is 16.5 Å². The summed E-state index contributed by atoms with van der Waals surface area (Å²) in [6.07, 6.45) is 2.31. The maximum Gasteiger partial charge on any atom is 0.283 e. The second kappa shape index (κ2) is 9.05. The maximum atomic E-state index is 12.9. The smallest absolute Gasteiger partial charge is 0.283 e. The fourth-order valence-corrected chi connectivity index (χ4v) is 4.43. The van der Waals surface area contributed by atoms with Crippen molar-refractivity contribution in [3.63, 3.8) is 0 Å². The van der Waals surface area contributed by atoms with Crippen molar-refractivity contribution in [1.82, 2.24) is 4.98 Å². The standard InChI is InChI=1S/C23H19ClN4O4S/c1-2-15-6-10-17(11-7-15)28-22(29)20(24)21(23(28)30)26-16-8-12-18(13-9-16)33(31,32)27-19-5-3-4-14-25-19/h3-14,26H,2H2,1H3,(H,25,27). The van der Waals surface area contributed by atoms with Gasteiger partial charge in [0.05, 0.1) is 10.6 Å². The lowest BCUT2D eigenvalue weighted by Gasteiger charge is -2.15. The first-order valence-corrected chi connectivity index (χ1v) is 11.8. The summed E-state index contributed by atoms with van der Waals surface area (Å²) in [4.78, 5) is 30.5. The van der Waals surface area contributed by atoms with Gasteiger partial charge >= 0.3 is 0 Å². The van der Waals surface area contributed by atoms with Gasteiger partial charge in [0.15, 0.2) is 0 Å². The Balaban J connectivity index is 1.51. The molecule has 2 heterocycles. The molecule has 0 saturated heterocycles. The van der Waals surface area contributed by atoms with Crippen LogP contribution < -0.4 is 14.9 Å². The minimum absolute atomic E-state index is 0.00486. The highest BCUT2D eigenvalue weighted by atomic mass is 35.5. The Kier molecular flexibility index (Phi) is 6.17. The Morgan fingerprint density at radius 1 is 0.939 bits per heavy atom. The first kappa shape index (κ1) is 22.5. The van der Waals surface area contributed by atoms with E-state index in [0.29, 0.717) is 11.4 Å². The SMILES string of the molecule is CCc1ccc(N2C(=O)C(Cl)=C(Nc3ccc(S(=O)(=O)Nc4ccccn4)cc3)C2=O)cc1. The number of hydrogen-bond donors (Lipinski definition) is 2. The van der Waals surface area contributed by atoms with Crippen molar-refractivity contribution in [3.05, 3.63) is 89.2 Å². The molecule has 0 unspecified atom stereocenters. The molecule has 0 bridgehead atoms. The van der Waals surface area contributed by atoms with E-state index in [1.807, 2.05) is 19.1 Å². The molecule has 10 heteroatoms. The zero-order chi connectivity index (χ0) is 23.6. The third-order valence-electron chi connectivity index (χ3n) is 4.97. The van der Waals surface area contributed by atoms with Crippen LogP contribution in [0.15, 0.2) is 88.6 Å². The van der Waals surface area contributed by atoms with Crippen LogP contribution in [0.2, 0.25) is 0 Å². The number of pyridine rings is 1. The molecule has 2 N–H and O–H groups in total. The van der Waals surface area contributed by atoms with Gasteiger partial charge in [-0.3, -0.25) is 14.3 Å². The highest BCUT2D eigenvalue weighted by Gasteiger charge is 2.38. The zero-order valence-electron chi connectivity index (χ0n) is 17.4. The highest BCUT2D eigenvalue weighted by molar-refractivity contribution is 7.92. The molecular formula is C23H19ClN4O4S. The van der Waals surface area contributed by atoms with Gasteiger partial charge in [-0.15, -0.1) is 0 Å². The van der Waals surface area contributed by atoms with Gasteiger partial charge in [0.25, 0.3) is 21.8 Å². The number of aryl methyl sites for hydroxylation is 1. The predicted octanol–water partition coefficient (Wildman–Crippen LogP) is 3.88. The van der Waals surface area contributed by atoms with Crippen molar-refractivity contribution < 1.29 is 18.0 Å². The predicted molar refractivity (Wildman–Crippen MR) is 126 cm³/mol. The molecule has 0 radical (unpaired) electrons. The van der Waals surface area contributed by atoms with Crippen molar-refractivity contribution in [2.75, 3.05) is 14.9 Å². The molecule has 0 saturated carbocycles. The number of aromatic nitrogens is 1. The Morgan fingerprint density at radius 3 is 2.24 bits per heavy atom. The maximum absolute atomic E-state index is 12.9. The summed E-state index contributed by atoms with van der Waals surface area (Å²) < 4.78 is 27.5. The lowest BCUT2D eigenvalue weighted by molar-refractivity contribution is -0.120. The number of imide groups is 1. The largest absolute Gasteiger partial charge is 0.350 e. The summed E-state index contributed by atoms with van der Waals surface area (Å²) in [5.74, 6) is -1.03. The molecule has 3 aromatic rings. The van der Waals surface area contributed by atoms with Crippen LogP contribution in [0.1, 0.15) is 12.5 Å². The minimum atomic E-state index is -3.85. The quantitative estimate of drug-likeness (QED) is 0.495. The van der Waals surface area contributed by atoms with Crippen molar-refractivity contribution in [3.8, 4) is 0 Å². The van der Waals surface area contributed by atoms with Crippen LogP contribution >= 0.6 is 11.6 Å². The molecule has 0 spiro atoms. The van der Waals surface area contributed by atoms with E-state index >= 15 is 0 Å². The molecule has 0 atom stereocenters. The van der Waals surface area contributed by atoms with Crippen molar-refractivity contribution >= 4 is 50.6 Å².